The lowest BCUT2D eigenvalue weighted by Gasteiger charge is -2.38. The van der Waals surface area contributed by atoms with E-state index < -0.39 is 16.1 Å². The number of carbonyl (C=O) groups excluding carboxylic acids is 1. The van der Waals surface area contributed by atoms with E-state index in [0.717, 1.165) is 17.5 Å². The van der Waals surface area contributed by atoms with Crippen LogP contribution in [0.15, 0.2) is 60.7 Å². The second-order valence-corrected chi connectivity index (χ2v) is 9.77. The van der Waals surface area contributed by atoms with Gasteiger partial charge in [0.25, 0.3) is 0 Å². The SMILES string of the molecule is CCS(=O)(=O)N1Cc2ccccc2C[C@H]1C(=O)N1CC=C(c2ccccc2)CC1. The van der Waals surface area contributed by atoms with E-state index in [-0.39, 0.29) is 18.2 Å². The highest BCUT2D eigenvalue weighted by atomic mass is 32.2. The maximum atomic E-state index is 13.4. The van der Waals surface area contributed by atoms with Crippen molar-refractivity contribution >= 4 is 21.5 Å². The predicted molar refractivity (Wildman–Crippen MR) is 115 cm³/mol. The molecule has 1 atom stereocenters. The van der Waals surface area contributed by atoms with Gasteiger partial charge in [-0.15, -0.1) is 0 Å². The molecule has 0 saturated carbocycles. The van der Waals surface area contributed by atoms with Crippen molar-refractivity contribution in [1.82, 2.24) is 9.21 Å². The smallest absolute Gasteiger partial charge is 0.241 e. The molecule has 2 aromatic carbocycles. The fourth-order valence-electron chi connectivity index (χ4n) is 4.16. The summed E-state index contributed by atoms with van der Waals surface area (Å²) in [6, 6.07) is 17.3. The van der Waals surface area contributed by atoms with E-state index in [0.29, 0.717) is 19.5 Å². The maximum absolute atomic E-state index is 13.4. The van der Waals surface area contributed by atoms with Gasteiger partial charge in [-0.05, 0) is 42.0 Å². The number of fused-ring (bicyclic) bond motifs is 1. The topological polar surface area (TPSA) is 57.7 Å². The molecule has 2 aromatic rings. The number of amides is 1. The second kappa shape index (κ2) is 8.13. The van der Waals surface area contributed by atoms with Crippen molar-refractivity contribution < 1.29 is 13.2 Å². The first-order chi connectivity index (χ1) is 14.0. The fraction of sp³-hybridized carbons (Fsp3) is 0.348. The van der Waals surface area contributed by atoms with Crippen molar-refractivity contribution in [3.05, 3.63) is 77.4 Å². The molecule has 0 saturated heterocycles. The van der Waals surface area contributed by atoms with Crippen molar-refractivity contribution in [2.24, 2.45) is 0 Å². The molecule has 0 radical (unpaired) electrons. The van der Waals surface area contributed by atoms with Crippen LogP contribution >= 0.6 is 0 Å². The van der Waals surface area contributed by atoms with Crippen LogP contribution in [0.4, 0.5) is 0 Å². The van der Waals surface area contributed by atoms with Crippen LogP contribution < -0.4 is 0 Å². The maximum Gasteiger partial charge on any atom is 0.241 e. The van der Waals surface area contributed by atoms with Gasteiger partial charge in [0, 0.05) is 19.6 Å². The fourth-order valence-corrected chi connectivity index (χ4v) is 5.38. The molecule has 4 rings (SSSR count). The summed E-state index contributed by atoms with van der Waals surface area (Å²) in [5, 5.41) is 0. The molecule has 2 aliphatic rings. The van der Waals surface area contributed by atoms with Crippen LogP contribution in [0.25, 0.3) is 5.57 Å². The van der Waals surface area contributed by atoms with Crippen molar-refractivity contribution in [3.63, 3.8) is 0 Å². The average Bonchev–Trinajstić information content (AvgIpc) is 2.78. The number of rotatable bonds is 4. The van der Waals surface area contributed by atoms with Crippen LogP contribution in [0.2, 0.25) is 0 Å². The Morgan fingerprint density at radius 1 is 1.03 bits per heavy atom. The third kappa shape index (κ3) is 4.00. The molecule has 0 fully saturated rings. The van der Waals surface area contributed by atoms with Gasteiger partial charge in [-0.3, -0.25) is 4.79 Å². The first-order valence-corrected chi connectivity index (χ1v) is 11.7. The minimum absolute atomic E-state index is 0.00297. The summed E-state index contributed by atoms with van der Waals surface area (Å²) in [5.74, 6) is -0.100. The molecule has 1 amide bonds. The Balaban J connectivity index is 1.57. The zero-order valence-corrected chi connectivity index (χ0v) is 17.4. The van der Waals surface area contributed by atoms with Gasteiger partial charge in [-0.25, -0.2) is 8.42 Å². The highest BCUT2D eigenvalue weighted by Gasteiger charge is 2.39. The number of carbonyl (C=O) groups is 1. The quantitative estimate of drug-likeness (QED) is 0.778. The van der Waals surface area contributed by atoms with Gasteiger partial charge >= 0.3 is 0 Å². The van der Waals surface area contributed by atoms with Gasteiger partial charge in [-0.1, -0.05) is 60.7 Å². The van der Waals surface area contributed by atoms with Gasteiger partial charge in [0.2, 0.25) is 15.9 Å². The first-order valence-electron chi connectivity index (χ1n) is 10.1. The summed E-state index contributed by atoms with van der Waals surface area (Å²) in [4.78, 5) is 15.2. The molecule has 0 N–H and O–H groups in total. The zero-order valence-electron chi connectivity index (χ0n) is 16.6. The number of sulfonamides is 1. The lowest BCUT2D eigenvalue weighted by molar-refractivity contribution is -0.135. The van der Waals surface area contributed by atoms with Crippen molar-refractivity contribution in [1.29, 1.82) is 0 Å². The van der Waals surface area contributed by atoms with E-state index >= 15 is 0 Å². The molecule has 0 aromatic heterocycles. The molecule has 5 nitrogen and oxygen atoms in total. The number of nitrogens with zero attached hydrogens (tertiary/aromatic N) is 2. The summed E-state index contributed by atoms with van der Waals surface area (Å²) in [5.41, 5.74) is 4.47. The summed E-state index contributed by atoms with van der Waals surface area (Å²) in [6.07, 6.45) is 3.30. The van der Waals surface area contributed by atoms with E-state index in [1.54, 1.807) is 11.8 Å². The molecule has 0 bridgehead atoms. The van der Waals surface area contributed by atoms with Crippen molar-refractivity contribution in [2.75, 3.05) is 18.8 Å². The molecule has 0 unspecified atom stereocenters. The van der Waals surface area contributed by atoms with E-state index in [4.69, 9.17) is 0 Å². The van der Waals surface area contributed by atoms with Gasteiger partial charge in [-0.2, -0.15) is 4.31 Å². The molecule has 0 aliphatic carbocycles. The average molecular weight is 411 g/mol. The Morgan fingerprint density at radius 3 is 2.38 bits per heavy atom. The van der Waals surface area contributed by atoms with E-state index in [1.807, 2.05) is 42.5 Å². The number of hydrogen-bond acceptors (Lipinski definition) is 3. The Morgan fingerprint density at radius 2 is 1.72 bits per heavy atom. The number of hydrogen-bond donors (Lipinski definition) is 0. The molecule has 0 spiro atoms. The predicted octanol–water partition coefficient (Wildman–Crippen LogP) is 3.08. The second-order valence-electron chi connectivity index (χ2n) is 7.56. The molecule has 2 aliphatic heterocycles. The molecule has 29 heavy (non-hydrogen) atoms. The molecular weight excluding hydrogens is 384 g/mol. The molecule has 6 heteroatoms. The minimum atomic E-state index is -3.48. The highest BCUT2D eigenvalue weighted by molar-refractivity contribution is 7.89. The summed E-state index contributed by atoms with van der Waals surface area (Å²) in [6.45, 7) is 3.02. The number of benzene rings is 2. The van der Waals surface area contributed by atoms with Gasteiger partial charge < -0.3 is 4.90 Å². The van der Waals surface area contributed by atoms with Crippen LogP contribution in [0.3, 0.4) is 0 Å². The van der Waals surface area contributed by atoms with Gasteiger partial charge in [0.15, 0.2) is 0 Å². The van der Waals surface area contributed by atoms with Crippen LogP contribution in [0.1, 0.15) is 30.0 Å². The normalized spacial score (nSPS) is 20.1. The molecule has 152 valence electrons. The summed E-state index contributed by atoms with van der Waals surface area (Å²) in [7, 11) is -3.48. The van der Waals surface area contributed by atoms with Crippen LogP contribution in [0.5, 0.6) is 0 Å². The Kier molecular flexibility index (Phi) is 5.56. The summed E-state index contributed by atoms with van der Waals surface area (Å²) >= 11 is 0. The minimum Gasteiger partial charge on any atom is -0.337 e. The van der Waals surface area contributed by atoms with Crippen LogP contribution in [-0.4, -0.2) is 48.4 Å². The van der Waals surface area contributed by atoms with E-state index in [9.17, 15) is 13.2 Å². The molecular formula is C23H26N2O3S. The third-order valence-corrected chi connectivity index (χ3v) is 7.71. The largest absolute Gasteiger partial charge is 0.337 e. The Hall–Kier alpha value is -2.44. The lowest BCUT2D eigenvalue weighted by Crippen LogP contribution is -2.54. The molecule has 2 heterocycles. The third-order valence-electron chi connectivity index (χ3n) is 5.88. The van der Waals surface area contributed by atoms with Crippen LogP contribution in [0, 0.1) is 0 Å². The Bertz CT molecular complexity index is 1030. The van der Waals surface area contributed by atoms with E-state index in [2.05, 4.69) is 18.2 Å². The summed E-state index contributed by atoms with van der Waals surface area (Å²) < 4.78 is 26.9. The Labute approximate surface area is 172 Å². The highest BCUT2D eigenvalue weighted by Crippen LogP contribution is 2.29. The monoisotopic (exact) mass is 410 g/mol. The van der Waals surface area contributed by atoms with Crippen molar-refractivity contribution in [2.45, 2.75) is 32.4 Å². The van der Waals surface area contributed by atoms with E-state index in [1.165, 1.54) is 15.4 Å². The van der Waals surface area contributed by atoms with Gasteiger partial charge in [0.05, 0.1) is 5.75 Å². The first kappa shape index (κ1) is 19.9. The van der Waals surface area contributed by atoms with Gasteiger partial charge in [0.1, 0.15) is 6.04 Å². The standard InChI is InChI=1S/C23H26N2O3S/c1-2-29(27,28)25-17-21-11-7-6-10-20(21)16-22(25)23(26)24-14-12-19(13-15-24)18-8-4-3-5-9-18/h3-12,22H,2,13-17H2,1H3/t22-/m0/s1. The van der Waals surface area contributed by atoms with Crippen LogP contribution in [-0.2, 0) is 27.8 Å². The zero-order chi connectivity index (χ0) is 20.4. The lowest BCUT2D eigenvalue weighted by atomic mass is 9.94. The van der Waals surface area contributed by atoms with Crippen molar-refractivity contribution in [3.8, 4) is 0 Å².